The van der Waals surface area contributed by atoms with Crippen LogP contribution < -0.4 is 10.5 Å². The topological polar surface area (TPSA) is 133 Å². The summed E-state index contributed by atoms with van der Waals surface area (Å²) in [5.41, 5.74) is 5.34. The first kappa shape index (κ1) is 12.5. The summed E-state index contributed by atoms with van der Waals surface area (Å²) >= 11 is 0. The number of nitrogens with two attached hydrogens (primary N) is 1. The average Bonchev–Trinajstić information content (AvgIpc) is 2.78. The molecule has 90 valence electrons. The van der Waals surface area contributed by atoms with Crippen LogP contribution in [0.1, 0.15) is 13.3 Å². The molecule has 16 heavy (non-hydrogen) atoms. The molecule has 0 saturated carbocycles. The summed E-state index contributed by atoms with van der Waals surface area (Å²) in [5, 5.41) is 17.0. The molecular weight excluding hydrogens is 234 g/mol. The fourth-order valence-electron chi connectivity index (χ4n) is 1.07. The van der Waals surface area contributed by atoms with Crippen LogP contribution in [0.25, 0.3) is 0 Å². The van der Waals surface area contributed by atoms with Crippen LogP contribution in [0.2, 0.25) is 0 Å². The third-order valence-corrected chi connectivity index (χ3v) is 3.34. The van der Waals surface area contributed by atoms with Crippen molar-refractivity contribution in [3.05, 3.63) is 12.3 Å². The lowest BCUT2D eigenvalue weighted by atomic mass is 10.2. The zero-order valence-electron chi connectivity index (χ0n) is 8.58. The molecule has 0 aliphatic heterocycles. The number of H-pyrrole nitrogens is 1. The number of rotatable bonds is 5. The van der Waals surface area contributed by atoms with Gasteiger partial charge in [0.2, 0.25) is 0 Å². The molecule has 0 bridgehead atoms. The number of sulfonamides is 1. The molecule has 0 saturated heterocycles. The van der Waals surface area contributed by atoms with Crippen molar-refractivity contribution in [1.82, 2.24) is 14.9 Å². The van der Waals surface area contributed by atoms with E-state index in [4.69, 9.17) is 10.9 Å². The molecule has 1 aromatic rings. The van der Waals surface area contributed by atoms with Crippen LogP contribution >= 0.6 is 0 Å². The molecule has 0 fully saturated rings. The van der Waals surface area contributed by atoms with Crippen LogP contribution in [0.4, 0.5) is 0 Å². The largest absolute Gasteiger partial charge is 0.409 e. The van der Waals surface area contributed by atoms with Crippen LogP contribution in [-0.4, -0.2) is 35.7 Å². The molecule has 0 aliphatic rings. The van der Waals surface area contributed by atoms with Crippen LogP contribution in [0.15, 0.2) is 22.4 Å². The minimum atomic E-state index is -3.72. The van der Waals surface area contributed by atoms with Crippen molar-refractivity contribution in [1.29, 1.82) is 0 Å². The van der Waals surface area contributed by atoms with Gasteiger partial charge in [-0.3, -0.25) is 5.10 Å². The van der Waals surface area contributed by atoms with Crippen molar-refractivity contribution < 1.29 is 13.6 Å². The zero-order chi connectivity index (χ0) is 12.2. The molecule has 0 amide bonds. The van der Waals surface area contributed by atoms with Crippen molar-refractivity contribution >= 4 is 15.9 Å². The standard InChI is InChI=1S/C7H13N5O3S/c1-2-5(7(8)11-13)12-16(14,15)6-3-4-9-10-6/h3-5,12-13H,2H2,1H3,(H2,8,11)(H,9,10). The van der Waals surface area contributed by atoms with Gasteiger partial charge >= 0.3 is 0 Å². The van der Waals surface area contributed by atoms with Crippen molar-refractivity contribution in [3.63, 3.8) is 0 Å². The van der Waals surface area contributed by atoms with Crippen molar-refractivity contribution in [2.24, 2.45) is 10.9 Å². The number of amidine groups is 1. The number of aromatic amines is 1. The Kier molecular flexibility index (Phi) is 3.85. The Balaban J connectivity index is 2.88. The van der Waals surface area contributed by atoms with Crippen molar-refractivity contribution in [3.8, 4) is 0 Å². The predicted octanol–water partition coefficient (Wildman–Crippen LogP) is -0.787. The lowest BCUT2D eigenvalue weighted by Gasteiger charge is -2.14. The van der Waals surface area contributed by atoms with E-state index < -0.39 is 16.1 Å². The van der Waals surface area contributed by atoms with E-state index in [1.54, 1.807) is 6.92 Å². The number of oxime groups is 1. The smallest absolute Gasteiger partial charge is 0.258 e. The van der Waals surface area contributed by atoms with Gasteiger partial charge in [0.15, 0.2) is 10.9 Å². The Morgan fingerprint density at radius 1 is 1.81 bits per heavy atom. The molecule has 1 atom stereocenters. The van der Waals surface area contributed by atoms with Crippen LogP contribution in [0, 0.1) is 0 Å². The summed E-state index contributed by atoms with van der Waals surface area (Å²) < 4.78 is 25.7. The summed E-state index contributed by atoms with van der Waals surface area (Å²) in [5.74, 6) is -0.189. The average molecular weight is 247 g/mol. The minimum absolute atomic E-state index is 0.0725. The molecule has 1 unspecified atom stereocenters. The first-order valence-corrected chi connectivity index (χ1v) is 5.98. The quantitative estimate of drug-likeness (QED) is 0.234. The van der Waals surface area contributed by atoms with E-state index in [9.17, 15) is 8.42 Å². The lowest BCUT2D eigenvalue weighted by Crippen LogP contribution is -2.44. The minimum Gasteiger partial charge on any atom is -0.409 e. The summed E-state index contributed by atoms with van der Waals surface area (Å²) in [6, 6.07) is 0.555. The fourth-order valence-corrected chi connectivity index (χ4v) is 2.27. The van der Waals surface area contributed by atoms with Crippen LogP contribution in [-0.2, 0) is 10.0 Å². The van der Waals surface area contributed by atoms with E-state index in [1.807, 2.05) is 0 Å². The van der Waals surface area contributed by atoms with Crippen molar-refractivity contribution in [2.75, 3.05) is 0 Å². The highest BCUT2D eigenvalue weighted by Gasteiger charge is 2.22. The third-order valence-electron chi connectivity index (χ3n) is 1.94. The van der Waals surface area contributed by atoms with E-state index in [1.165, 1.54) is 12.3 Å². The summed E-state index contributed by atoms with van der Waals surface area (Å²) in [6.45, 7) is 1.71. The van der Waals surface area contributed by atoms with Gasteiger partial charge < -0.3 is 10.9 Å². The van der Waals surface area contributed by atoms with Gasteiger partial charge in [0.1, 0.15) is 0 Å². The van der Waals surface area contributed by atoms with E-state index >= 15 is 0 Å². The molecule has 8 nitrogen and oxygen atoms in total. The van der Waals surface area contributed by atoms with E-state index in [-0.39, 0.29) is 10.9 Å². The van der Waals surface area contributed by atoms with E-state index in [2.05, 4.69) is 20.1 Å². The van der Waals surface area contributed by atoms with Crippen molar-refractivity contribution in [2.45, 2.75) is 24.4 Å². The molecule has 1 aromatic heterocycles. The van der Waals surface area contributed by atoms with Gasteiger partial charge in [0, 0.05) is 0 Å². The van der Waals surface area contributed by atoms with Gasteiger partial charge in [-0.15, -0.1) is 0 Å². The summed E-state index contributed by atoms with van der Waals surface area (Å²) in [7, 11) is -3.72. The van der Waals surface area contributed by atoms with Gasteiger partial charge in [-0.1, -0.05) is 12.1 Å². The van der Waals surface area contributed by atoms with Gasteiger partial charge in [-0.05, 0) is 12.5 Å². The van der Waals surface area contributed by atoms with E-state index in [0.717, 1.165) is 0 Å². The second-order valence-corrected chi connectivity index (χ2v) is 4.71. The molecule has 1 rings (SSSR count). The highest BCUT2D eigenvalue weighted by atomic mass is 32.2. The second kappa shape index (κ2) is 4.94. The molecule has 1 heterocycles. The molecule has 5 N–H and O–H groups in total. The molecule has 0 aliphatic carbocycles. The summed E-state index contributed by atoms with van der Waals surface area (Å²) in [6.07, 6.45) is 1.68. The molecule has 0 spiro atoms. The Bertz CT molecular complexity index is 452. The highest BCUT2D eigenvalue weighted by Crippen LogP contribution is 2.05. The Hall–Kier alpha value is -1.61. The van der Waals surface area contributed by atoms with Crippen LogP contribution in [0.5, 0.6) is 0 Å². The van der Waals surface area contributed by atoms with Gasteiger partial charge in [-0.25, -0.2) is 8.42 Å². The molecule has 0 aromatic carbocycles. The maximum atomic E-state index is 11.7. The normalized spacial score (nSPS) is 14.9. The lowest BCUT2D eigenvalue weighted by molar-refractivity contribution is 0.315. The first-order valence-electron chi connectivity index (χ1n) is 4.50. The number of nitrogens with one attached hydrogen (secondary N) is 2. The zero-order valence-corrected chi connectivity index (χ0v) is 9.40. The number of hydrogen-bond acceptors (Lipinski definition) is 5. The van der Waals surface area contributed by atoms with Crippen LogP contribution in [0.3, 0.4) is 0 Å². The SMILES string of the molecule is CCC(NS(=O)(=O)c1ccn[nH]1)C(N)=NO. The first-order chi connectivity index (χ1) is 7.51. The number of nitrogens with zero attached hydrogens (tertiary/aromatic N) is 2. The monoisotopic (exact) mass is 247 g/mol. The Morgan fingerprint density at radius 3 is 2.94 bits per heavy atom. The molecule has 0 radical (unpaired) electrons. The second-order valence-electron chi connectivity index (χ2n) is 3.03. The molecular formula is C7H13N5O3S. The van der Waals surface area contributed by atoms with Gasteiger partial charge in [-0.2, -0.15) is 9.82 Å². The Labute approximate surface area is 92.6 Å². The highest BCUT2D eigenvalue weighted by molar-refractivity contribution is 7.89. The predicted molar refractivity (Wildman–Crippen MR) is 56.4 cm³/mol. The summed E-state index contributed by atoms with van der Waals surface area (Å²) in [4.78, 5) is 0. The maximum absolute atomic E-state index is 11.7. The third kappa shape index (κ3) is 2.70. The maximum Gasteiger partial charge on any atom is 0.258 e. The fraction of sp³-hybridized carbons (Fsp3) is 0.429. The number of hydrogen-bond donors (Lipinski definition) is 4. The Morgan fingerprint density at radius 2 is 2.50 bits per heavy atom. The number of aromatic nitrogens is 2. The van der Waals surface area contributed by atoms with E-state index in [0.29, 0.717) is 6.42 Å². The van der Waals surface area contributed by atoms with Gasteiger partial charge in [0.05, 0.1) is 12.2 Å². The van der Waals surface area contributed by atoms with Gasteiger partial charge in [0.25, 0.3) is 10.0 Å². The molecule has 9 heteroatoms.